The molecule has 0 saturated carbocycles. The second-order valence-corrected chi connectivity index (χ2v) is 5.86. The zero-order valence-corrected chi connectivity index (χ0v) is 17.1. The standard InChI is InChI=1S/C18H26N4O.HI/c1-5-13-8-7-9-14(6-2)17(13)21-18(19)20-11-15-10-16(12(3)4)22-23-15;/h7-10,12H,5-6,11H2,1-4H3,(H3,19,20,21);1H. The summed E-state index contributed by atoms with van der Waals surface area (Å²) < 4.78 is 5.28. The van der Waals surface area contributed by atoms with Crippen LogP contribution in [0.15, 0.2) is 33.8 Å². The predicted molar refractivity (Wildman–Crippen MR) is 110 cm³/mol. The number of nitrogens with one attached hydrogen (secondary N) is 1. The van der Waals surface area contributed by atoms with Crippen molar-refractivity contribution in [3.63, 3.8) is 0 Å². The lowest BCUT2D eigenvalue weighted by Crippen LogP contribution is -2.24. The number of aryl methyl sites for hydroxylation is 2. The van der Waals surface area contributed by atoms with Crippen molar-refractivity contribution in [1.82, 2.24) is 5.16 Å². The molecule has 24 heavy (non-hydrogen) atoms. The van der Waals surface area contributed by atoms with E-state index in [2.05, 4.69) is 61.4 Å². The first-order chi connectivity index (χ1) is 11.0. The van der Waals surface area contributed by atoms with E-state index < -0.39 is 0 Å². The zero-order valence-electron chi connectivity index (χ0n) is 14.8. The topological polar surface area (TPSA) is 76.4 Å². The summed E-state index contributed by atoms with van der Waals surface area (Å²) in [5, 5.41) is 7.27. The lowest BCUT2D eigenvalue weighted by Gasteiger charge is -2.14. The summed E-state index contributed by atoms with van der Waals surface area (Å²) in [6.45, 7) is 8.81. The van der Waals surface area contributed by atoms with E-state index in [1.54, 1.807) is 0 Å². The van der Waals surface area contributed by atoms with E-state index in [9.17, 15) is 0 Å². The van der Waals surface area contributed by atoms with E-state index in [4.69, 9.17) is 10.3 Å². The third-order valence-corrected chi connectivity index (χ3v) is 3.83. The van der Waals surface area contributed by atoms with Gasteiger partial charge >= 0.3 is 0 Å². The molecule has 0 aliphatic heterocycles. The molecule has 5 nitrogen and oxygen atoms in total. The Morgan fingerprint density at radius 1 is 1.25 bits per heavy atom. The van der Waals surface area contributed by atoms with Crippen LogP contribution in [-0.4, -0.2) is 11.1 Å². The maximum atomic E-state index is 6.04. The second-order valence-electron chi connectivity index (χ2n) is 5.86. The van der Waals surface area contributed by atoms with Gasteiger partial charge in [-0.05, 0) is 29.9 Å². The van der Waals surface area contributed by atoms with Crippen LogP contribution in [0.4, 0.5) is 5.69 Å². The maximum absolute atomic E-state index is 6.04. The van der Waals surface area contributed by atoms with Gasteiger partial charge in [0.05, 0.1) is 5.69 Å². The number of rotatable bonds is 6. The average Bonchev–Trinajstić information content (AvgIpc) is 3.02. The lowest BCUT2D eigenvalue weighted by molar-refractivity contribution is 0.376. The summed E-state index contributed by atoms with van der Waals surface area (Å²) >= 11 is 0. The Bertz CT molecular complexity index is 657. The smallest absolute Gasteiger partial charge is 0.193 e. The first-order valence-electron chi connectivity index (χ1n) is 8.18. The number of hydrogen-bond donors (Lipinski definition) is 2. The molecule has 3 N–H and O–H groups in total. The van der Waals surface area contributed by atoms with Crippen molar-refractivity contribution in [2.24, 2.45) is 10.7 Å². The minimum Gasteiger partial charge on any atom is -0.370 e. The Morgan fingerprint density at radius 2 is 1.88 bits per heavy atom. The fraction of sp³-hybridized carbons (Fsp3) is 0.444. The highest BCUT2D eigenvalue weighted by Crippen LogP contribution is 2.22. The van der Waals surface area contributed by atoms with E-state index in [1.165, 1.54) is 11.1 Å². The van der Waals surface area contributed by atoms with Crippen molar-refractivity contribution in [2.75, 3.05) is 5.32 Å². The van der Waals surface area contributed by atoms with Gasteiger partial charge in [-0.15, -0.1) is 24.0 Å². The summed E-state index contributed by atoms with van der Waals surface area (Å²) in [6, 6.07) is 8.23. The van der Waals surface area contributed by atoms with E-state index >= 15 is 0 Å². The van der Waals surface area contributed by atoms with Crippen molar-refractivity contribution in [1.29, 1.82) is 0 Å². The molecule has 0 unspecified atom stereocenters. The number of para-hydroxylation sites is 1. The maximum Gasteiger partial charge on any atom is 0.193 e. The molecular formula is C18H27IN4O. The normalized spacial score (nSPS) is 11.5. The number of guanidine groups is 1. The Balaban J connectivity index is 0.00000288. The number of aromatic nitrogens is 1. The molecular weight excluding hydrogens is 415 g/mol. The number of halogens is 1. The van der Waals surface area contributed by atoms with E-state index in [0.29, 0.717) is 18.4 Å². The van der Waals surface area contributed by atoms with E-state index in [1.807, 2.05) is 6.07 Å². The molecule has 0 aliphatic rings. The molecule has 0 atom stereocenters. The van der Waals surface area contributed by atoms with Gasteiger partial charge in [0.2, 0.25) is 0 Å². The number of nitrogens with zero attached hydrogens (tertiary/aromatic N) is 2. The molecule has 1 aromatic heterocycles. The summed E-state index contributed by atoms with van der Waals surface area (Å²) in [5.74, 6) is 1.46. The van der Waals surface area contributed by atoms with E-state index in [0.717, 1.165) is 30.0 Å². The molecule has 0 amide bonds. The Hall–Kier alpha value is -1.57. The largest absolute Gasteiger partial charge is 0.370 e. The van der Waals surface area contributed by atoms with Gasteiger partial charge in [-0.1, -0.05) is 51.1 Å². The van der Waals surface area contributed by atoms with Gasteiger partial charge in [-0.3, -0.25) is 0 Å². The fourth-order valence-electron chi connectivity index (χ4n) is 2.41. The first-order valence-corrected chi connectivity index (χ1v) is 8.18. The third kappa shape index (κ3) is 5.22. The minimum absolute atomic E-state index is 0. The average molecular weight is 442 g/mol. The highest BCUT2D eigenvalue weighted by atomic mass is 127. The van der Waals surface area contributed by atoms with Crippen molar-refractivity contribution in [3.05, 3.63) is 46.8 Å². The van der Waals surface area contributed by atoms with Gasteiger partial charge in [0.25, 0.3) is 0 Å². The molecule has 1 heterocycles. The number of anilines is 1. The van der Waals surface area contributed by atoms with Crippen LogP contribution in [0.2, 0.25) is 0 Å². The molecule has 2 rings (SSSR count). The van der Waals surface area contributed by atoms with Crippen molar-refractivity contribution < 1.29 is 4.52 Å². The van der Waals surface area contributed by atoms with Gasteiger partial charge in [-0.25, -0.2) is 4.99 Å². The van der Waals surface area contributed by atoms with Crippen LogP contribution >= 0.6 is 24.0 Å². The summed E-state index contributed by atoms with van der Waals surface area (Å²) in [4.78, 5) is 4.36. The minimum atomic E-state index is 0. The van der Waals surface area contributed by atoms with Gasteiger partial charge in [0.15, 0.2) is 11.7 Å². The molecule has 0 radical (unpaired) electrons. The van der Waals surface area contributed by atoms with Crippen LogP contribution in [-0.2, 0) is 19.4 Å². The monoisotopic (exact) mass is 442 g/mol. The number of aliphatic imine (C=N–C) groups is 1. The van der Waals surface area contributed by atoms with Crippen LogP contribution in [0, 0.1) is 0 Å². The SMILES string of the molecule is CCc1cccc(CC)c1NC(N)=NCc1cc(C(C)C)no1.I. The van der Waals surface area contributed by atoms with Crippen LogP contribution in [0.1, 0.15) is 56.2 Å². The molecule has 6 heteroatoms. The highest BCUT2D eigenvalue weighted by molar-refractivity contribution is 14.0. The first kappa shape index (κ1) is 20.5. The quantitative estimate of drug-likeness (QED) is 0.393. The summed E-state index contributed by atoms with van der Waals surface area (Å²) in [7, 11) is 0. The molecule has 132 valence electrons. The predicted octanol–water partition coefficient (Wildman–Crippen LogP) is 4.47. The Kier molecular flexibility index (Phi) is 8.24. The molecule has 0 aliphatic carbocycles. The van der Waals surface area contributed by atoms with Gasteiger partial charge in [0.1, 0.15) is 6.54 Å². The number of hydrogen-bond acceptors (Lipinski definition) is 3. The van der Waals surface area contributed by atoms with Gasteiger partial charge in [0, 0.05) is 11.8 Å². The van der Waals surface area contributed by atoms with Gasteiger partial charge in [-0.2, -0.15) is 0 Å². The molecule has 1 aromatic carbocycles. The lowest BCUT2D eigenvalue weighted by atomic mass is 10.0. The van der Waals surface area contributed by atoms with Crippen LogP contribution in [0.3, 0.4) is 0 Å². The van der Waals surface area contributed by atoms with Crippen molar-refractivity contribution in [3.8, 4) is 0 Å². The summed E-state index contributed by atoms with van der Waals surface area (Å²) in [5.41, 5.74) is 10.5. The Labute approximate surface area is 161 Å². The van der Waals surface area contributed by atoms with Crippen molar-refractivity contribution >= 4 is 35.6 Å². The summed E-state index contributed by atoms with van der Waals surface area (Å²) in [6.07, 6.45) is 1.90. The van der Waals surface area contributed by atoms with Crippen LogP contribution < -0.4 is 11.1 Å². The molecule has 0 fully saturated rings. The molecule has 0 bridgehead atoms. The number of nitrogens with two attached hydrogens (primary N) is 1. The fourth-order valence-corrected chi connectivity index (χ4v) is 2.41. The zero-order chi connectivity index (χ0) is 16.8. The third-order valence-electron chi connectivity index (χ3n) is 3.83. The van der Waals surface area contributed by atoms with Crippen LogP contribution in [0.25, 0.3) is 0 Å². The molecule has 2 aromatic rings. The van der Waals surface area contributed by atoms with Crippen LogP contribution in [0.5, 0.6) is 0 Å². The molecule has 0 saturated heterocycles. The van der Waals surface area contributed by atoms with E-state index in [-0.39, 0.29) is 24.0 Å². The Morgan fingerprint density at radius 3 is 2.38 bits per heavy atom. The van der Waals surface area contributed by atoms with Crippen molar-refractivity contribution in [2.45, 2.75) is 53.0 Å². The second kappa shape index (κ2) is 9.66. The highest BCUT2D eigenvalue weighted by Gasteiger charge is 2.09. The number of benzene rings is 1. The molecule has 0 spiro atoms. The van der Waals surface area contributed by atoms with Gasteiger partial charge < -0.3 is 15.6 Å².